The van der Waals surface area contributed by atoms with Gasteiger partial charge in [0.25, 0.3) is 5.91 Å². The number of rotatable bonds is 5. The van der Waals surface area contributed by atoms with Crippen molar-refractivity contribution in [3.05, 3.63) is 17.7 Å². The summed E-state index contributed by atoms with van der Waals surface area (Å²) in [5.41, 5.74) is 4.87. The number of hydrogen-bond donors (Lipinski definition) is 2. The lowest BCUT2D eigenvalue weighted by Gasteiger charge is -2.18. The average Bonchev–Trinajstić information content (AvgIpc) is 2.49. The summed E-state index contributed by atoms with van der Waals surface area (Å²) < 4.78 is 15.6. The second-order valence-electron chi connectivity index (χ2n) is 6.15. The van der Waals surface area contributed by atoms with Crippen LogP contribution in [0.25, 0.3) is 0 Å². The van der Waals surface area contributed by atoms with Crippen LogP contribution in [0.1, 0.15) is 37.6 Å². The number of hydrogen-bond acceptors (Lipinski definition) is 5. The van der Waals surface area contributed by atoms with E-state index in [1.165, 1.54) is 33.5 Å². The highest BCUT2D eigenvalue weighted by atomic mass is 16.5. The molecule has 128 valence electrons. The number of methoxy groups -OCH3 is 3. The third-order valence-corrected chi connectivity index (χ3v) is 2.93. The van der Waals surface area contributed by atoms with E-state index >= 15 is 0 Å². The topological polar surface area (TPSA) is 85.9 Å². The first-order chi connectivity index (χ1) is 10.7. The predicted octanol–water partition coefficient (Wildman–Crippen LogP) is 1.91. The number of nitrogens with one attached hydrogen (secondary N) is 2. The quantitative estimate of drug-likeness (QED) is 0.808. The second kappa shape index (κ2) is 7.71. The Hall–Kier alpha value is -2.44. The summed E-state index contributed by atoms with van der Waals surface area (Å²) >= 11 is 0. The Morgan fingerprint density at radius 1 is 0.957 bits per heavy atom. The van der Waals surface area contributed by atoms with Gasteiger partial charge in [0.2, 0.25) is 11.7 Å². The average molecular weight is 324 g/mol. The van der Waals surface area contributed by atoms with Crippen molar-refractivity contribution in [3.8, 4) is 17.2 Å². The van der Waals surface area contributed by atoms with Gasteiger partial charge in [0.05, 0.1) is 21.3 Å². The lowest BCUT2D eigenvalue weighted by Crippen LogP contribution is -2.42. The fourth-order valence-electron chi connectivity index (χ4n) is 1.94. The van der Waals surface area contributed by atoms with Gasteiger partial charge in [-0.2, -0.15) is 0 Å². The van der Waals surface area contributed by atoms with Crippen LogP contribution in [0.4, 0.5) is 0 Å². The maximum Gasteiger partial charge on any atom is 0.269 e. The monoisotopic (exact) mass is 324 g/mol. The van der Waals surface area contributed by atoms with E-state index in [1.807, 2.05) is 20.8 Å². The molecule has 7 nitrogen and oxygen atoms in total. The van der Waals surface area contributed by atoms with E-state index in [0.717, 1.165) is 0 Å². The van der Waals surface area contributed by atoms with Gasteiger partial charge < -0.3 is 14.2 Å². The fourth-order valence-corrected chi connectivity index (χ4v) is 1.94. The molecule has 7 heteroatoms. The molecule has 2 amide bonds. The SMILES string of the molecule is COc1cc(C(=O)NNC(=O)CC(C)(C)C)cc(OC)c1OC. The summed E-state index contributed by atoms with van der Waals surface area (Å²) in [6, 6.07) is 3.01. The van der Waals surface area contributed by atoms with E-state index in [1.54, 1.807) is 0 Å². The Balaban J connectivity index is 2.86. The minimum Gasteiger partial charge on any atom is -0.493 e. The summed E-state index contributed by atoms with van der Waals surface area (Å²) in [7, 11) is 4.40. The van der Waals surface area contributed by atoms with Crippen LogP contribution in [0, 0.1) is 5.41 Å². The van der Waals surface area contributed by atoms with Crippen LogP contribution < -0.4 is 25.1 Å². The second-order valence-corrected chi connectivity index (χ2v) is 6.15. The predicted molar refractivity (Wildman–Crippen MR) is 85.8 cm³/mol. The molecule has 2 N–H and O–H groups in total. The molecule has 0 spiro atoms. The Morgan fingerprint density at radius 3 is 1.87 bits per heavy atom. The van der Waals surface area contributed by atoms with Crippen LogP contribution in [-0.4, -0.2) is 33.1 Å². The normalized spacial score (nSPS) is 10.7. The summed E-state index contributed by atoms with van der Waals surface area (Å²) in [5, 5.41) is 0. The molecular formula is C16H24N2O5. The summed E-state index contributed by atoms with van der Waals surface area (Å²) in [5.74, 6) is 0.365. The van der Waals surface area contributed by atoms with Crippen molar-refractivity contribution in [3.63, 3.8) is 0 Å². The van der Waals surface area contributed by atoms with Crippen LogP contribution in [0.5, 0.6) is 17.2 Å². The molecule has 0 saturated carbocycles. The number of carbonyl (C=O) groups is 2. The molecule has 0 fully saturated rings. The molecule has 23 heavy (non-hydrogen) atoms. The zero-order valence-electron chi connectivity index (χ0n) is 14.4. The maximum absolute atomic E-state index is 12.2. The van der Waals surface area contributed by atoms with E-state index in [9.17, 15) is 9.59 Å². The smallest absolute Gasteiger partial charge is 0.269 e. The third-order valence-electron chi connectivity index (χ3n) is 2.93. The summed E-state index contributed by atoms with van der Waals surface area (Å²) in [4.78, 5) is 23.9. The van der Waals surface area contributed by atoms with Crippen molar-refractivity contribution in [2.75, 3.05) is 21.3 Å². The molecule has 0 heterocycles. The fraction of sp³-hybridized carbons (Fsp3) is 0.500. The van der Waals surface area contributed by atoms with Crippen molar-refractivity contribution in [1.82, 2.24) is 10.9 Å². The highest BCUT2D eigenvalue weighted by molar-refractivity contribution is 5.96. The third kappa shape index (κ3) is 5.36. The largest absolute Gasteiger partial charge is 0.493 e. The summed E-state index contributed by atoms with van der Waals surface area (Å²) in [6.07, 6.45) is 0.294. The molecule has 0 aromatic heterocycles. The van der Waals surface area contributed by atoms with E-state index in [0.29, 0.717) is 23.7 Å². The van der Waals surface area contributed by atoms with Gasteiger partial charge in [0.15, 0.2) is 11.5 Å². The van der Waals surface area contributed by atoms with Gasteiger partial charge in [-0.05, 0) is 17.5 Å². The molecule has 0 atom stereocenters. The number of hydrazine groups is 1. The molecule has 0 radical (unpaired) electrons. The van der Waals surface area contributed by atoms with Gasteiger partial charge in [-0.25, -0.2) is 0 Å². The molecule has 0 aliphatic heterocycles. The van der Waals surface area contributed by atoms with Gasteiger partial charge in [-0.15, -0.1) is 0 Å². The van der Waals surface area contributed by atoms with Crippen LogP contribution in [0.2, 0.25) is 0 Å². The number of benzene rings is 1. The molecule has 0 aliphatic rings. The molecule has 0 unspecified atom stereocenters. The van der Waals surface area contributed by atoms with Crippen molar-refractivity contribution in [2.45, 2.75) is 27.2 Å². The number of amides is 2. The lowest BCUT2D eigenvalue weighted by molar-refractivity contribution is -0.123. The zero-order valence-corrected chi connectivity index (χ0v) is 14.4. The molecule has 1 rings (SSSR count). The molecule has 0 saturated heterocycles. The first-order valence-electron chi connectivity index (χ1n) is 7.11. The maximum atomic E-state index is 12.2. The van der Waals surface area contributed by atoms with E-state index in [-0.39, 0.29) is 16.9 Å². The number of ether oxygens (including phenoxy) is 3. The number of carbonyl (C=O) groups excluding carboxylic acids is 2. The van der Waals surface area contributed by atoms with E-state index in [4.69, 9.17) is 14.2 Å². The van der Waals surface area contributed by atoms with Crippen molar-refractivity contribution >= 4 is 11.8 Å². The van der Waals surface area contributed by atoms with Crippen molar-refractivity contribution in [2.24, 2.45) is 5.41 Å². The van der Waals surface area contributed by atoms with Crippen LogP contribution in [-0.2, 0) is 4.79 Å². The molecular weight excluding hydrogens is 300 g/mol. The van der Waals surface area contributed by atoms with Gasteiger partial charge in [0, 0.05) is 12.0 Å². The van der Waals surface area contributed by atoms with Gasteiger partial charge >= 0.3 is 0 Å². The Bertz CT molecular complexity index is 553. The van der Waals surface area contributed by atoms with E-state index in [2.05, 4.69) is 10.9 Å². The van der Waals surface area contributed by atoms with E-state index < -0.39 is 5.91 Å². The Kier molecular flexibility index (Phi) is 6.24. The van der Waals surface area contributed by atoms with Crippen molar-refractivity contribution in [1.29, 1.82) is 0 Å². The molecule has 0 bridgehead atoms. The molecule has 1 aromatic carbocycles. The highest BCUT2D eigenvalue weighted by Crippen LogP contribution is 2.38. The minimum absolute atomic E-state index is 0.165. The Labute approximate surface area is 136 Å². The minimum atomic E-state index is -0.480. The first-order valence-corrected chi connectivity index (χ1v) is 7.11. The van der Waals surface area contributed by atoms with Gasteiger partial charge in [-0.3, -0.25) is 20.4 Å². The molecule has 0 aliphatic carbocycles. The summed E-state index contributed by atoms with van der Waals surface area (Å²) in [6.45, 7) is 5.81. The van der Waals surface area contributed by atoms with Crippen LogP contribution in [0.15, 0.2) is 12.1 Å². The van der Waals surface area contributed by atoms with Crippen molar-refractivity contribution < 1.29 is 23.8 Å². The van der Waals surface area contributed by atoms with Gasteiger partial charge in [-0.1, -0.05) is 20.8 Å². The lowest BCUT2D eigenvalue weighted by atomic mass is 9.92. The molecule has 1 aromatic rings. The Morgan fingerprint density at radius 2 is 1.48 bits per heavy atom. The van der Waals surface area contributed by atoms with Crippen LogP contribution >= 0.6 is 0 Å². The first kappa shape index (κ1) is 18.6. The zero-order chi connectivity index (χ0) is 17.6. The van der Waals surface area contributed by atoms with Crippen LogP contribution in [0.3, 0.4) is 0 Å². The highest BCUT2D eigenvalue weighted by Gasteiger charge is 2.19. The standard InChI is InChI=1S/C16H24N2O5/c1-16(2,3)9-13(19)17-18-15(20)10-7-11(21-4)14(23-6)12(8-10)22-5/h7-8H,9H2,1-6H3,(H,17,19)(H,18,20). The van der Waals surface area contributed by atoms with Gasteiger partial charge in [0.1, 0.15) is 0 Å².